The van der Waals surface area contributed by atoms with Crippen LogP contribution in [0, 0.1) is 12.7 Å². The smallest absolute Gasteiger partial charge is 0.125 e. The normalized spacial score (nSPS) is 11.3. The lowest BCUT2D eigenvalue weighted by Crippen LogP contribution is -1.82. The highest BCUT2D eigenvalue weighted by atomic mass is 35.5. The Morgan fingerprint density at radius 3 is 2.72 bits per heavy atom. The van der Waals surface area contributed by atoms with Crippen molar-refractivity contribution in [3.8, 4) is 33.1 Å². The van der Waals surface area contributed by atoms with Crippen LogP contribution in [-0.2, 0) is 0 Å². The number of aromatic nitrogens is 3. The monoisotopic (exact) mass is 419 g/mol. The van der Waals surface area contributed by atoms with Crippen LogP contribution >= 0.6 is 22.9 Å². The number of aromatic amines is 1. The molecule has 0 bridgehead atoms. The largest absolute Gasteiger partial charge is 0.354 e. The first kappa shape index (κ1) is 18.0. The van der Waals surface area contributed by atoms with Crippen LogP contribution in [0.4, 0.5) is 4.39 Å². The van der Waals surface area contributed by atoms with Crippen LogP contribution < -0.4 is 0 Å². The summed E-state index contributed by atoms with van der Waals surface area (Å²) in [5.41, 5.74) is 5.66. The van der Waals surface area contributed by atoms with E-state index in [-0.39, 0.29) is 5.82 Å². The quantitative estimate of drug-likeness (QED) is 0.338. The number of fused-ring (bicyclic) bond motifs is 1. The zero-order valence-electron chi connectivity index (χ0n) is 15.4. The van der Waals surface area contributed by atoms with Crippen LogP contribution in [0.3, 0.4) is 0 Å². The van der Waals surface area contributed by atoms with Crippen LogP contribution in [0.25, 0.3) is 44.0 Å². The zero-order valence-corrected chi connectivity index (χ0v) is 17.0. The van der Waals surface area contributed by atoms with E-state index >= 15 is 0 Å². The fourth-order valence-electron chi connectivity index (χ4n) is 3.41. The summed E-state index contributed by atoms with van der Waals surface area (Å²) in [6.45, 7) is 2.08. The van der Waals surface area contributed by atoms with E-state index < -0.39 is 0 Å². The second-order valence-corrected chi connectivity index (χ2v) is 8.39. The van der Waals surface area contributed by atoms with Crippen molar-refractivity contribution in [1.29, 1.82) is 0 Å². The van der Waals surface area contributed by atoms with Gasteiger partial charge in [-0.25, -0.2) is 9.37 Å². The molecule has 0 unspecified atom stereocenters. The van der Waals surface area contributed by atoms with Gasteiger partial charge in [-0.1, -0.05) is 17.7 Å². The molecule has 0 fully saturated rings. The van der Waals surface area contributed by atoms with Gasteiger partial charge in [-0.15, -0.1) is 11.3 Å². The molecular formula is C23H15ClFN3S. The summed E-state index contributed by atoms with van der Waals surface area (Å²) in [6.07, 6.45) is 3.59. The molecule has 6 heteroatoms. The standard InChI is InChI=1S/C23H15ClFN3S/c1-13-22(28-23(29-13)15-3-2-8-26-12-15)14-4-7-20-16(9-14)10-21(27-20)18-6-5-17(25)11-19(18)24/h2-12,27H,1H3. The van der Waals surface area contributed by atoms with Gasteiger partial charge < -0.3 is 4.98 Å². The van der Waals surface area contributed by atoms with Crippen molar-refractivity contribution in [3.63, 3.8) is 0 Å². The molecule has 3 nitrogen and oxygen atoms in total. The van der Waals surface area contributed by atoms with Crippen molar-refractivity contribution >= 4 is 33.8 Å². The van der Waals surface area contributed by atoms with Crippen molar-refractivity contribution < 1.29 is 4.39 Å². The maximum Gasteiger partial charge on any atom is 0.125 e. The van der Waals surface area contributed by atoms with E-state index in [4.69, 9.17) is 16.6 Å². The third kappa shape index (κ3) is 3.33. The first-order valence-electron chi connectivity index (χ1n) is 9.05. The maximum absolute atomic E-state index is 13.4. The molecule has 142 valence electrons. The summed E-state index contributed by atoms with van der Waals surface area (Å²) in [6, 6.07) is 16.6. The highest BCUT2D eigenvalue weighted by molar-refractivity contribution is 7.15. The molecule has 0 aliphatic rings. The molecule has 0 aliphatic carbocycles. The SMILES string of the molecule is Cc1sc(-c2cccnc2)nc1-c1ccc2[nH]c(-c3ccc(F)cc3Cl)cc2c1. The van der Waals surface area contributed by atoms with E-state index in [0.29, 0.717) is 5.02 Å². The number of pyridine rings is 1. The number of hydrogen-bond donors (Lipinski definition) is 1. The third-order valence-electron chi connectivity index (χ3n) is 4.82. The molecule has 2 aromatic carbocycles. The highest BCUT2D eigenvalue weighted by Crippen LogP contribution is 2.36. The number of hydrogen-bond acceptors (Lipinski definition) is 3. The molecule has 0 saturated heterocycles. The summed E-state index contributed by atoms with van der Waals surface area (Å²) >= 11 is 7.89. The molecule has 5 rings (SSSR count). The second kappa shape index (κ2) is 7.10. The van der Waals surface area contributed by atoms with Crippen LogP contribution in [0.2, 0.25) is 5.02 Å². The average molecular weight is 420 g/mol. The van der Waals surface area contributed by atoms with Gasteiger partial charge in [0.25, 0.3) is 0 Å². The minimum absolute atomic E-state index is 0.347. The Morgan fingerprint density at radius 1 is 1.03 bits per heavy atom. The zero-order chi connectivity index (χ0) is 20.0. The lowest BCUT2D eigenvalue weighted by molar-refractivity contribution is 0.628. The molecule has 29 heavy (non-hydrogen) atoms. The highest BCUT2D eigenvalue weighted by Gasteiger charge is 2.14. The Balaban J connectivity index is 1.56. The molecule has 3 aromatic heterocycles. The van der Waals surface area contributed by atoms with Crippen LogP contribution in [-0.4, -0.2) is 15.0 Å². The fraction of sp³-hybridized carbons (Fsp3) is 0.0435. The minimum Gasteiger partial charge on any atom is -0.354 e. The lowest BCUT2D eigenvalue weighted by atomic mass is 10.1. The van der Waals surface area contributed by atoms with Gasteiger partial charge in [-0.3, -0.25) is 4.98 Å². The topological polar surface area (TPSA) is 41.6 Å². The Hall–Kier alpha value is -3.02. The molecule has 1 N–H and O–H groups in total. The second-order valence-electron chi connectivity index (χ2n) is 6.77. The number of H-pyrrole nitrogens is 1. The van der Waals surface area contributed by atoms with E-state index in [0.717, 1.165) is 48.9 Å². The van der Waals surface area contributed by atoms with Crippen molar-refractivity contribution in [2.24, 2.45) is 0 Å². The summed E-state index contributed by atoms with van der Waals surface area (Å²) in [4.78, 5) is 13.6. The van der Waals surface area contributed by atoms with Crippen LogP contribution in [0.15, 0.2) is 67.0 Å². The van der Waals surface area contributed by atoms with Crippen LogP contribution in [0.5, 0.6) is 0 Å². The molecule has 0 amide bonds. The number of rotatable bonds is 3. The van der Waals surface area contributed by atoms with E-state index in [1.165, 1.54) is 12.1 Å². The van der Waals surface area contributed by atoms with Crippen molar-refractivity contribution in [1.82, 2.24) is 15.0 Å². The van der Waals surface area contributed by atoms with E-state index in [1.807, 2.05) is 30.5 Å². The number of halogens is 2. The van der Waals surface area contributed by atoms with E-state index in [2.05, 4.69) is 29.0 Å². The fourth-order valence-corrected chi connectivity index (χ4v) is 4.60. The van der Waals surface area contributed by atoms with Crippen molar-refractivity contribution in [3.05, 3.63) is 82.7 Å². The van der Waals surface area contributed by atoms with Gasteiger partial charge in [0.1, 0.15) is 10.8 Å². The Kier molecular flexibility index (Phi) is 4.42. The summed E-state index contributed by atoms with van der Waals surface area (Å²) in [7, 11) is 0. The Morgan fingerprint density at radius 2 is 1.93 bits per heavy atom. The van der Waals surface area contributed by atoms with Gasteiger partial charge in [0.05, 0.1) is 10.7 Å². The van der Waals surface area contributed by atoms with Gasteiger partial charge >= 0.3 is 0 Å². The predicted molar refractivity (Wildman–Crippen MR) is 118 cm³/mol. The number of benzene rings is 2. The van der Waals surface area contributed by atoms with Crippen molar-refractivity contribution in [2.45, 2.75) is 6.92 Å². The Labute approximate surface area is 175 Å². The lowest BCUT2D eigenvalue weighted by Gasteiger charge is -2.01. The first-order valence-corrected chi connectivity index (χ1v) is 10.2. The van der Waals surface area contributed by atoms with Gasteiger partial charge in [0.2, 0.25) is 0 Å². The van der Waals surface area contributed by atoms with Gasteiger partial charge in [0.15, 0.2) is 0 Å². The first-order chi connectivity index (χ1) is 14.1. The minimum atomic E-state index is -0.347. The summed E-state index contributed by atoms with van der Waals surface area (Å²) in [5.74, 6) is -0.347. The van der Waals surface area contributed by atoms with Gasteiger partial charge in [0, 0.05) is 50.6 Å². The molecule has 0 saturated carbocycles. The molecule has 5 aromatic rings. The molecule has 0 radical (unpaired) electrons. The van der Waals surface area contributed by atoms with Gasteiger partial charge in [-0.2, -0.15) is 0 Å². The Bertz CT molecular complexity index is 1340. The van der Waals surface area contributed by atoms with Crippen LogP contribution in [0.1, 0.15) is 4.88 Å². The molecule has 0 aliphatic heterocycles. The molecule has 0 spiro atoms. The van der Waals surface area contributed by atoms with Crippen molar-refractivity contribution in [2.75, 3.05) is 0 Å². The van der Waals surface area contributed by atoms with Gasteiger partial charge in [-0.05, 0) is 55.5 Å². The number of thiazole rings is 1. The third-order valence-corrected chi connectivity index (χ3v) is 6.15. The number of nitrogens with one attached hydrogen (secondary N) is 1. The maximum atomic E-state index is 13.4. The predicted octanol–water partition coefficient (Wildman–Crippen LogP) is 7.12. The number of nitrogens with zero attached hydrogens (tertiary/aromatic N) is 2. The van der Waals surface area contributed by atoms with E-state index in [9.17, 15) is 4.39 Å². The summed E-state index contributed by atoms with van der Waals surface area (Å²) in [5, 5.41) is 2.39. The summed E-state index contributed by atoms with van der Waals surface area (Å²) < 4.78 is 13.4. The molecular weight excluding hydrogens is 405 g/mol. The number of aryl methyl sites for hydroxylation is 1. The average Bonchev–Trinajstić information content (AvgIpc) is 3.31. The molecule has 3 heterocycles. The van der Waals surface area contributed by atoms with E-state index in [1.54, 1.807) is 23.6 Å². The molecule has 0 atom stereocenters.